The monoisotopic (exact) mass is 376 g/mol. The Balaban J connectivity index is 1.61. The van der Waals surface area contributed by atoms with Gasteiger partial charge < -0.3 is 9.73 Å². The highest BCUT2D eigenvalue weighted by Crippen LogP contribution is 2.26. The van der Waals surface area contributed by atoms with E-state index in [1.807, 2.05) is 16.7 Å². The number of carbonyl (C=O) groups is 1. The number of hydrogen-bond donors (Lipinski definition) is 1. The fraction of sp³-hybridized carbons (Fsp3) is 0.632. The SMILES string of the molecule is CC(C)Cn1c(SCC(=O)NC2CCC(C)CC2)nnc1-c1ccco1. The number of furan rings is 1. The number of rotatable bonds is 7. The van der Waals surface area contributed by atoms with Gasteiger partial charge in [-0.05, 0) is 49.7 Å². The molecule has 1 aliphatic rings. The number of hydrogen-bond acceptors (Lipinski definition) is 5. The van der Waals surface area contributed by atoms with Crippen molar-refractivity contribution >= 4 is 17.7 Å². The van der Waals surface area contributed by atoms with E-state index in [0.29, 0.717) is 29.3 Å². The summed E-state index contributed by atoms with van der Waals surface area (Å²) in [6.07, 6.45) is 6.21. The van der Waals surface area contributed by atoms with E-state index in [9.17, 15) is 4.79 Å². The van der Waals surface area contributed by atoms with Crippen LogP contribution in [-0.4, -0.2) is 32.5 Å². The molecule has 0 atom stereocenters. The first-order chi connectivity index (χ1) is 12.5. The second-order valence-corrected chi connectivity index (χ2v) is 8.54. The van der Waals surface area contributed by atoms with Gasteiger partial charge in [0.25, 0.3) is 0 Å². The molecular formula is C19H28N4O2S. The van der Waals surface area contributed by atoms with Crippen LogP contribution in [-0.2, 0) is 11.3 Å². The van der Waals surface area contributed by atoms with Crippen LogP contribution in [0.25, 0.3) is 11.6 Å². The Morgan fingerprint density at radius 3 is 2.77 bits per heavy atom. The summed E-state index contributed by atoms with van der Waals surface area (Å²) in [6.45, 7) is 7.37. The van der Waals surface area contributed by atoms with Crippen LogP contribution in [0, 0.1) is 11.8 Å². The molecule has 142 valence electrons. The summed E-state index contributed by atoms with van der Waals surface area (Å²) in [5.74, 6) is 3.08. The van der Waals surface area contributed by atoms with Gasteiger partial charge in [-0.25, -0.2) is 0 Å². The first-order valence-electron chi connectivity index (χ1n) is 9.42. The van der Waals surface area contributed by atoms with Crippen LogP contribution in [0.1, 0.15) is 46.5 Å². The summed E-state index contributed by atoms with van der Waals surface area (Å²) in [6, 6.07) is 4.05. The second-order valence-electron chi connectivity index (χ2n) is 7.60. The van der Waals surface area contributed by atoms with E-state index in [0.717, 1.165) is 30.5 Å². The average molecular weight is 377 g/mol. The maximum Gasteiger partial charge on any atom is 0.230 e. The first-order valence-corrected chi connectivity index (χ1v) is 10.4. The molecule has 2 heterocycles. The molecule has 26 heavy (non-hydrogen) atoms. The minimum Gasteiger partial charge on any atom is -0.461 e. The predicted octanol–water partition coefficient (Wildman–Crippen LogP) is 3.98. The normalized spacial score (nSPS) is 20.5. The molecule has 3 rings (SSSR count). The van der Waals surface area contributed by atoms with Gasteiger partial charge in [-0.1, -0.05) is 32.5 Å². The number of nitrogens with zero attached hydrogens (tertiary/aromatic N) is 3. The zero-order valence-corrected chi connectivity index (χ0v) is 16.6. The van der Waals surface area contributed by atoms with Crippen LogP contribution >= 0.6 is 11.8 Å². The fourth-order valence-electron chi connectivity index (χ4n) is 3.32. The van der Waals surface area contributed by atoms with Gasteiger partial charge in [-0.3, -0.25) is 9.36 Å². The van der Waals surface area contributed by atoms with Crippen molar-refractivity contribution in [3.05, 3.63) is 18.4 Å². The van der Waals surface area contributed by atoms with Gasteiger partial charge in [0.1, 0.15) is 0 Å². The second kappa shape index (κ2) is 8.75. The molecule has 0 unspecified atom stereocenters. The molecule has 2 aromatic heterocycles. The molecule has 0 spiro atoms. The fourth-order valence-corrected chi connectivity index (χ4v) is 4.08. The van der Waals surface area contributed by atoms with Gasteiger partial charge in [0.05, 0.1) is 12.0 Å². The highest BCUT2D eigenvalue weighted by Gasteiger charge is 2.21. The third-order valence-electron chi connectivity index (χ3n) is 4.72. The molecule has 1 amide bonds. The van der Waals surface area contributed by atoms with E-state index >= 15 is 0 Å². The van der Waals surface area contributed by atoms with Crippen LogP contribution in [0.5, 0.6) is 0 Å². The zero-order valence-electron chi connectivity index (χ0n) is 15.8. The number of aromatic nitrogens is 3. The van der Waals surface area contributed by atoms with Gasteiger partial charge in [0.2, 0.25) is 5.91 Å². The third kappa shape index (κ3) is 4.90. The first kappa shape index (κ1) is 19.0. The van der Waals surface area contributed by atoms with Crippen molar-refractivity contribution in [3.63, 3.8) is 0 Å². The molecule has 0 saturated heterocycles. The molecule has 1 N–H and O–H groups in total. The molecule has 2 aromatic rings. The molecule has 0 radical (unpaired) electrons. The molecule has 0 aromatic carbocycles. The average Bonchev–Trinajstić information content (AvgIpc) is 3.24. The van der Waals surface area contributed by atoms with E-state index < -0.39 is 0 Å². The lowest BCUT2D eigenvalue weighted by Gasteiger charge is -2.26. The zero-order chi connectivity index (χ0) is 18.5. The molecular weight excluding hydrogens is 348 g/mol. The molecule has 6 nitrogen and oxygen atoms in total. The largest absolute Gasteiger partial charge is 0.461 e. The lowest BCUT2D eigenvalue weighted by molar-refractivity contribution is -0.119. The highest BCUT2D eigenvalue weighted by molar-refractivity contribution is 7.99. The van der Waals surface area contributed by atoms with Crippen LogP contribution in [0.2, 0.25) is 0 Å². The van der Waals surface area contributed by atoms with Crippen molar-refractivity contribution in [2.75, 3.05) is 5.75 Å². The highest BCUT2D eigenvalue weighted by atomic mass is 32.2. The Bertz CT molecular complexity index is 703. The molecule has 1 saturated carbocycles. The van der Waals surface area contributed by atoms with Crippen molar-refractivity contribution < 1.29 is 9.21 Å². The van der Waals surface area contributed by atoms with Gasteiger partial charge in [-0.15, -0.1) is 10.2 Å². The third-order valence-corrected chi connectivity index (χ3v) is 5.69. The quantitative estimate of drug-likeness (QED) is 0.740. The summed E-state index contributed by atoms with van der Waals surface area (Å²) in [5.41, 5.74) is 0. The van der Waals surface area contributed by atoms with Crippen LogP contribution in [0.3, 0.4) is 0 Å². The number of carbonyl (C=O) groups excluding carboxylic acids is 1. The van der Waals surface area contributed by atoms with E-state index in [1.54, 1.807) is 6.26 Å². The minimum atomic E-state index is 0.0770. The van der Waals surface area contributed by atoms with Crippen LogP contribution in [0.15, 0.2) is 28.0 Å². The van der Waals surface area contributed by atoms with Gasteiger partial charge >= 0.3 is 0 Å². The van der Waals surface area contributed by atoms with Crippen molar-refractivity contribution in [2.24, 2.45) is 11.8 Å². The van der Waals surface area contributed by atoms with E-state index in [-0.39, 0.29) is 5.91 Å². The maximum atomic E-state index is 12.3. The van der Waals surface area contributed by atoms with Crippen molar-refractivity contribution in [1.29, 1.82) is 0 Å². The molecule has 7 heteroatoms. The lowest BCUT2D eigenvalue weighted by atomic mass is 9.87. The number of thioether (sulfide) groups is 1. The summed E-state index contributed by atoms with van der Waals surface area (Å²) in [7, 11) is 0. The van der Waals surface area contributed by atoms with Gasteiger partial charge in [0.15, 0.2) is 16.7 Å². The smallest absolute Gasteiger partial charge is 0.230 e. The minimum absolute atomic E-state index is 0.0770. The Hall–Kier alpha value is -1.76. The van der Waals surface area contributed by atoms with Gasteiger partial charge in [0, 0.05) is 12.6 Å². The van der Waals surface area contributed by atoms with E-state index in [4.69, 9.17) is 4.42 Å². The Morgan fingerprint density at radius 1 is 1.35 bits per heavy atom. The van der Waals surface area contributed by atoms with E-state index in [2.05, 4.69) is 36.3 Å². The standard InChI is InChI=1S/C19H28N4O2S/c1-13(2)11-23-18(16-5-4-10-25-16)21-22-19(23)26-12-17(24)20-15-8-6-14(3)7-9-15/h4-5,10,13-15H,6-9,11-12H2,1-3H3,(H,20,24). The number of amides is 1. The van der Waals surface area contributed by atoms with Crippen LogP contribution < -0.4 is 5.32 Å². The summed E-state index contributed by atoms with van der Waals surface area (Å²) in [4.78, 5) is 12.3. The summed E-state index contributed by atoms with van der Waals surface area (Å²) < 4.78 is 7.52. The molecule has 1 fully saturated rings. The number of nitrogens with one attached hydrogen (secondary N) is 1. The maximum absolute atomic E-state index is 12.3. The molecule has 0 aliphatic heterocycles. The molecule has 0 bridgehead atoms. The van der Waals surface area contributed by atoms with Gasteiger partial charge in [-0.2, -0.15) is 0 Å². The predicted molar refractivity (Wildman–Crippen MR) is 103 cm³/mol. The lowest BCUT2D eigenvalue weighted by Crippen LogP contribution is -2.38. The van der Waals surface area contributed by atoms with E-state index in [1.165, 1.54) is 24.6 Å². The summed E-state index contributed by atoms with van der Waals surface area (Å²) >= 11 is 1.44. The van der Waals surface area contributed by atoms with Crippen molar-refractivity contribution in [1.82, 2.24) is 20.1 Å². The van der Waals surface area contributed by atoms with Crippen molar-refractivity contribution in [2.45, 2.75) is 64.2 Å². The Kier molecular flexibility index (Phi) is 6.40. The molecule has 1 aliphatic carbocycles. The van der Waals surface area contributed by atoms with Crippen LogP contribution in [0.4, 0.5) is 0 Å². The Morgan fingerprint density at radius 2 is 2.12 bits per heavy atom. The van der Waals surface area contributed by atoms with Crippen molar-refractivity contribution in [3.8, 4) is 11.6 Å². The Labute approximate surface area is 159 Å². The topological polar surface area (TPSA) is 73.0 Å². The summed E-state index contributed by atoms with van der Waals surface area (Å²) in [5, 5.41) is 12.5.